The second-order valence-electron chi connectivity index (χ2n) is 12.7. The monoisotopic (exact) mass is 584 g/mol. The number of Topliss-reactive ketones (excluding diaryl/α,β-unsaturated/α-hetero) is 1. The predicted octanol–water partition coefficient (Wildman–Crippen LogP) is 2.08. The standard InChI is InChI=1S/C25H34F6N4O5/c1-22(2,3)17(34-20(39)16(24(26,27)28)25(29,30)31)21(40)35-9-11-13(23(11,4)5)14(35)19(38)33-12(8-10-6-7-10)15(36)18(32)37/h10-14,16-17H,6-9H2,1-5H3,(H2,32,37)(H,33,38)(H,34,39)/t11-,12?,13-,14-,17+/m0/s1. The first-order valence-corrected chi connectivity index (χ1v) is 12.9. The molecule has 2 saturated carbocycles. The van der Waals surface area contributed by atoms with E-state index in [2.05, 4.69) is 5.32 Å². The zero-order valence-corrected chi connectivity index (χ0v) is 22.7. The van der Waals surface area contributed by atoms with Gasteiger partial charge in [0, 0.05) is 6.54 Å². The molecule has 15 heteroatoms. The van der Waals surface area contributed by atoms with Crippen molar-refractivity contribution >= 4 is 29.4 Å². The van der Waals surface area contributed by atoms with Crippen LogP contribution < -0.4 is 16.4 Å². The molecule has 2 aliphatic carbocycles. The maximum absolute atomic E-state index is 13.7. The van der Waals surface area contributed by atoms with Crippen molar-refractivity contribution in [3.63, 3.8) is 0 Å². The third-order valence-corrected chi connectivity index (χ3v) is 8.22. The number of hydrogen-bond acceptors (Lipinski definition) is 5. The van der Waals surface area contributed by atoms with Crippen LogP contribution >= 0.6 is 0 Å². The van der Waals surface area contributed by atoms with Gasteiger partial charge in [0.25, 0.3) is 5.91 Å². The Balaban J connectivity index is 1.89. The Kier molecular flexibility index (Phi) is 8.07. The first-order chi connectivity index (χ1) is 18.0. The minimum atomic E-state index is -5.96. The van der Waals surface area contributed by atoms with Gasteiger partial charge in [-0.05, 0) is 35.0 Å². The number of primary amides is 1. The van der Waals surface area contributed by atoms with Gasteiger partial charge in [-0.1, -0.05) is 47.5 Å². The molecule has 0 bridgehead atoms. The van der Waals surface area contributed by atoms with Gasteiger partial charge in [-0.25, -0.2) is 0 Å². The second-order valence-corrected chi connectivity index (χ2v) is 12.7. The molecule has 1 heterocycles. The molecule has 0 aromatic rings. The van der Waals surface area contributed by atoms with E-state index in [0.717, 1.165) is 17.7 Å². The van der Waals surface area contributed by atoms with Gasteiger partial charge in [0.1, 0.15) is 12.1 Å². The van der Waals surface area contributed by atoms with Gasteiger partial charge in [0.05, 0.1) is 6.04 Å². The van der Waals surface area contributed by atoms with E-state index >= 15 is 0 Å². The van der Waals surface area contributed by atoms with Crippen LogP contribution in [0.25, 0.3) is 0 Å². The summed E-state index contributed by atoms with van der Waals surface area (Å²) >= 11 is 0. The number of hydrogen-bond donors (Lipinski definition) is 3. The molecule has 9 nitrogen and oxygen atoms in total. The Morgan fingerprint density at radius 3 is 1.90 bits per heavy atom. The Hall–Kier alpha value is -2.87. The van der Waals surface area contributed by atoms with E-state index in [9.17, 15) is 50.3 Å². The molecule has 0 spiro atoms. The van der Waals surface area contributed by atoms with Gasteiger partial charge in [0.2, 0.25) is 29.4 Å². The van der Waals surface area contributed by atoms with Gasteiger partial charge < -0.3 is 21.3 Å². The maximum Gasteiger partial charge on any atom is 0.409 e. The van der Waals surface area contributed by atoms with Gasteiger partial charge >= 0.3 is 12.4 Å². The first-order valence-electron chi connectivity index (χ1n) is 12.9. The number of nitrogens with zero attached hydrogens (tertiary/aromatic N) is 1. The fourth-order valence-electron chi connectivity index (χ4n) is 5.68. The summed E-state index contributed by atoms with van der Waals surface area (Å²) in [7, 11) is 0. The van der Waals surface area contributed by atoms with Gasteiger partial charge in [0.15, 0.2) is 0 Å². The lowest BCUT2D eigenvalue weighted by Gasteiger charge is -2.38. The highest BCUT2D eigenvalue weighted by atomic mass is 19.4. The molecular weight excluding hydrogens is 550 g/mol. The fraction of sp³-hybridized carbons (Fsp3) is 0.800. The Bertz CT molecular complexity index is 1070. The topological polar surface area (TPSA) is 139 Å². The number of nitrogens with two attached hydrogens (primary N) is 1. The Morgan fingerprint density at radius 1 is 0.950 bits per heavy atom. The maximum atomic E-state index is 13.7. The summed E-state index contributed by atoms with van der Waals surface area (Å²) in [5.74, 6) is -11.5. The van der Waals surface area contributed by atoms with Crippen LogP contribution in [0, 0.1) is 34.5 Å². The zero-order chi connectivity index (χ0) is 30.7. The summed E-state index contributed by atoms with van der Waals surface area (Å²) in [6.45, 7) is 7.66. The number of halogens is 6. The largest absolute Gasteiger partial charge is 0.409 e. The summed E-state index contributed by atoms with van der Waals surface area (Å²) in [6, 6.07) is -4.33. The number of likely N-dealkylation sites (tertiary alicyclic amines) is 1. The summed E-state index contributed by atoms with van der Waals surface area (Å²) in [6.07, 6.45) is -10.2. The minimum absolute atomic E-state index is 0.0456. The number of fused-ring (bicyclic) bond motifs is 1. The first kappa shape index (κ1) is 31.7. The predicted molar refractivity (Wildman–Crippen MR) is 127 cm³/mol. The molecule has 3 rings (SSSR count). The van der Waals surface area contributed by atoms with E-state index in [1.54, 1.807) is 5.32 Å². The van der Waals surface area contributed by atoms with E-state index in [-0.39, 0.29) is 24.8 Å². The summed E-state index contributed by atoms with van der Waals surface area (Å²) in [5, 5.41) is 4.15. The normalized spacial score (nSPS) is 25.6. The third kappa shape index (κ3) is 6.37. The summed E-state index contributed by atoms with van der Waals surface area (Å²) in [5.41, 5.74) is 3.34. The van der Waals surface area contributed by atoms with Gasteiger partial charge in [-0.2, -0.15) is 26.3 Å². The van der Waals surface area contributed by atoms with E-state index in [4.69, 9.17) is 5.73 Å². The summed E-state index contributed by atoms with van der Waals surface area (Å²) < 4.78 is 79.0. The van der Waals surface area contributed by atoms with E-state index in [1.165, 1.54) is 20.8 Å². The fourth-order valence-corrected chi connectivity index (χ4v) is 5.68. The lowest BCUT2D eigenvalue weighted by atomic mass is 9.84. The van der Waals surface area contributed by atoms with Crippen LogP contribution in [-0.2, 0) is 24.0 Å². The number of amides is 4. The minimum Gasteiger partial charge on any atom is -0.363 e. The number of alkyl halides is 6. The molecule has 0 radical (unpaired) electrons. The van der Waals surface area contributed by atoms with Crippen molar-refractivity contribution in [2.24, 2.45) is 40.2 Å². The lowest BCUT2D eigenvalue weighted by molar-refractivity contribution is -0.274. The number of carbonyl (C=O) groups excluding carboxylic acids is 5. The molecule has 0 aromatic heterocycles. The van der Waals surface area contributed by atoms with Crippen molar-refractivity contribution in [2.75, 3.05) is 6.54 Å². The molecule has 1 saturated heterocycles. The average molecular weight is 585 g/mol. The molecule has 40 heavy (non-hydrogen) atoms. The number of carbonyl (C=O) groups is 5. The molecule has 226 valence electrons. The highest BCUT2D eigenvalue weighted by molar-refractivity contribution is 6.37. The van der Waals surface area contributed by atoms with Crippen LogP contribution in [0.3, 0.4) is 0 Å². The molecule has 3 aliphatic rings. The van der Waals surface area contributed by atoms with Crippen LogP contribution in [0.2, 0.25) is 0 Å². The quantitative estimate of drug-likeness (QED) is 0.282. The molecule has 4 N–H and O–H groups in total. The van der Waals surface area contributed by atoms with Crippen molar-refractivity contribution in [3.8, 4) is 0 Å². The van der Waals surface area contributed by atoms with Crippen molar-refractivity contribution in [1.82, 2.24) is 15.5 Å². The zero-order valence-electron chi connectivity index (χ0n) is 22.7. The van der Waals surface area contributed by atoms with E-state index in [0.29, 0.717) is 0 Å². The summed E-state index contributed by atoms with van der Waals surface area (Å²) in [4.78, 5) is 64.5. The van der Waals surface area contributed by atoms with Crippen molar-refractivity contribution in [1.29, 1.82) is 0 Å². The average Bonchev–Trinajstić information content (AvgIpc) is 3.60. The number of ketones is 1. The highest BCUT2D eigenvalue weighted by Gasteiger charge is 2.70. The van der Waals surface area contributed by atoms with Crippen LogP contribution in [0.1, 0.15) is 53.9 Å². The molecule has 0 aromatic carbocycles. The van der Waals surface area contributed by atoms with Crippen molar-refractivity contribution in [3.05, 3.63) is 0 Å². The lowest BCUT2D eigenvalue weighted by Crippen LogP contribution is -2.62. The van der Waals surface area contributed by atoms with Crippen LogP contribution in [0.15, 0.2) is 0 Å². The molecule has 1 aliphatic heterocycles. The van der Waals surface area contributed by atoms with E-state index < -0.39 is 82.6 Å². The van der Waals surface area contributed by atoms with Crippen molar-refractivity contribution in [2.45, 2.75) is 84.4 Å². The number of nitrogens with one attached hydrogen (secondary N) is 2. The van der Waals surface area contributed by atoms with Crippen molar-refractivity contribution < 1.29 is 50.3 Å². The van der Waals surface area contributed by atoms with Gasteiger partial charge in [-0.3, -0.25) is 24.0 Å². The van der Waals surface area contributed by atoms with Crippen LogP contribution in [-0.4, -0.2) is 71.3 Å². The molecule has 1 unspecified atom stereocenters. The smallest absolute Gasteiger partial charge is 0.363 e. The Labute approximate surface area is 226 Å². The van der Waals surface area contributed by atoms with Crippen LogP contribution in [0.4, 0.5) is 26.3 Å². The molecule has 4 amide bonds. The molecule has 3 fully saturated rings. The molecular formula is C25H34F6N4O5. The van der Waals surface area contributed by atoms with E-state index in [1.807, 2.05) is 13.8 Å². The number of piperidine rings is 1. The highest BCUT2D eigenvalue weighted by Crippen LogP contribution is 2.65. The SMILES string of the molecule is CC(C)(C)[C@H](NC(=O)C(C(F)(F)F)C(F)(F)F)C(=O)N1C[C@H]2[C@@H]([C@H]1C(=O)NC(CC1CC1)C(=O)C(N)=O)C2(C)C. The second kappa shape index (κ2) is 10.2. The van der Waals surface area contributed by atoms with Gasteiger partial charge in [-0.15, -0.1) is 0 Å². The molecule has 5 atom stereocenters. The number of rotatable bonds is 9. The van der Waals surface area contributed by atoms with Crippen LogP contribution in [0.5, 0.6) is 0 Å². The Morgan fingerprint density at radius 2 is 1.48 bits per heavy atom. The third-order valence-electron chi connectivity index (χ3n) is 8.22.